The summed E-state index contributed by atoms with van der Waals surface area (Å²) in [4.78, 5) is 15.0. The van der Waals surface area contributed by atoms with Crippen molar-refractivity contribution in [3.8, 4) is 0 Å². The first-order valence-electron chi connectivity index (χ1n) is 9.00. The number of hydrogen-bond donors (Lipinski definition) is 0. The van der Waals surface area contributed by atoms with Gasteiger partial charge in [0, 0.05) is 29.1 Å². The lowest BCUT2D eigenvalue weighted by Gasteiger charge is -2.22. The van der Waals surface area contributed by atoms with Crippen molar-refractivity contribution in [2.45, 2.75) is 46.2 Å². The Balaban J connectivity index is 1.71. The summed E-state index contributed by atoms with van der Waals surface area (Å²) in [6, 6.07) is 10.8. The second-order valence-electron chi connectivity index (χ2n) is 7.24. The molecule has 0 saturated heterocycles. The number of amides is 1. The molecule has 0 atom stereocenters. The van der Waals surface area contributed by atoms with Crippen LogP contribution in [0.1, 0.15) is 45.7 Å². The highest BCUT2D eigenvalue weighted by molar-refractivity contribution is 5.99. The Bertz CT molecular complexity index is 1000. The maximum Gasteiger partial charge on any atom is 0.290 e. The van der Waals surface area contributed by atoms with Crippen molar-refractivity contribution < 1.29 is 13.6 Å². The van der Waals surface area contributed by atoms with E-state index in [-0.39, 0.29) is 24.3 Å². The first-order chi connectivity index (χ1) is 12.5. The zero-order chi connectivity index (χ0) is 18.4. The van der Waals surface area contributed by atoms with Gasteiger partial charge >= 0.3 is 0 Å². The number of furan rings is 1. The molecule has 1 aromatic heterocycles. The molecular weight excluding hydrogens is 329 g/mol. The van der Waals surface area contributed by atoms with Gasteiger partial charge in [-0.3, -0.25) is 4.79 Å². The number of carbonyl (C=O) groups excluding carboxylic acids is 1. The molecule has 1 aliphatic carbocycles. The van der Waals surface area contributed by atoms with Crippen LogP contribution >= 0.6 is 0 Å². The first-order valence-corrected chi connectivity index (χ1v) is 9.00. The van der Waals surface area contributed by atoms with Gasteiger partial charge in [-0.15, -0.1) is 0 Å². The van der Waals surface area contributed by atoms with Crippen LogP contribution < -0.4 is 0 Å². The van der Waals surface area contributed by atoms with Crippen molar-refractivity contribution in [3.63, 3.8) is 0 Å². The predicted octanol–water partition coefficient (Wildman–Crippen LogP) is 5.30. The van der Waals surface area contributed by atoms with E-state index in [1.165, 1.54) is 11.6 Å². The molecule has 0 spiro atoms. The Morgan fingerprint density at radius 1 is 1.15 bits per heavy atom. The van der Waals surface area contributed by atoms with Crippen molar-refractivity contribution in [1.29, 1.82) is 0 Å². The summed E-state index contributed by atoms with van der Waals surface area (Å²) in [5, 5.41) is 0.970. The highest BCUT2D eigenvalue weighted by atomic mass is 19.1. The van der Waals surface area contributed by atoms with Crippen LogP contribution in [0, 0.1) is 26.6 Å². The summed E-state index contributed by atoms with van der Waals surface area (Å²) in [5.41, 5.74) is 4.43. The lowest BCUT2D eigenvalue weighted by molar-refractivity contribution is 0.0697. The standard InChI is InChI=1S/C22H22FNO2/c1-13-10-18-15(3)21(26-20(18)11-14(13)2)22(25)24(17-8-9-17)12-16-6-4-5-7-19(16)23/h4-7,10-11,17H,8-9,12H2,1-3H3. The fourth-order valence-corrected chi connectivity index (χ4v) is 3.37. The lowest BCUT2D eigenvalue weighted by atomic mass is 10.0. The molecule has 1 heterocycles. The highest BCUT2D eigenvalue weighted by Gasteiger charge is 2.35. The molecule has 1 aliphatic rings. The molecule has 2 aromatic carbocycles. The van der Waals surface area contributed by atoms with Crippen LogP contribution in [0.2, 0.25) is 0 Å². The third-order valence-corrected chi connectivity index (χ3v) is 5.29. The van der Waals surface area contributed by atoms with Gasteiger partial charge < -0.3 is 9.32 Å². The van der Waals surface area contributed by atoms with Crippen LogP contribution in [-0.2, 0) is 6.54 Å². The summed E-state index contributed by atoms with van der Waals surface area (Å²) in [5.74, 6) is -0.0634. The van der Waals surface area contributed by atoms with Crippen molar-refractivity contribution >= 4 is 16.9 Å². The molecule has 4 rings (SSSR count). The molecule has 0 unspecified atom stereocenters. The van der Waals surface area contributed by atoms with Crippen molar-refractivity contribution in [2.24, 2.45) is 0 Å². The van der Waals surface area contributed by atoms with Gasteiger partial charge in [0.15, 0.2) is 5.76 Å². The Morgan fingerprint density at radius 3 is 2.54 bits per heavy atom. The van der Waals surface area contributed by atoms with Crippen molar-refractivity contribution in [1.82, 2.24) is 4.90 Å². The van der Waals surface area contributed by atoms with E-state index in [1.807, 2.05) is 19.9 Å². The largest absolute Gasteiger partial charge is 0.451 e. The minimum Gasteiger partial charge on any atom is -0.451 e. The number of rotatable bonds is 4. The van der Waals surface area contributed by atoms with Crippen molar-refractivity contribution in [2.75, 3.05) is 0 Å². The van der Waals surface area contributed by atoms with Gasteiger partial charge in [0.05, 0.1) is 0 Å². The first kappa shape index (κ1) is 16.8. The van der Waals surface area contributed by atoms with Crippen LogP contribution in [0.5, 0.6) is 0 Å². The van der Waals surface area contributed by atoms with E-state index in [9.17, 15) is 9.18 Å². The SMILES string of the molecule is Cc1cc2oc(C(=O)N(Cc3ccccc3F)C3CC3)c(C)c2cc1C. The Labute approximate surface area is 152 Å². The summed E-state index contributed by atoms with van der Waals surface area (Å²) in [6.07, 6.45) is 1.91. The topological polar surface area (TPSA) is 33.5 Å². The van der Waals surface area contributed by atoms with E-state index in [0.717, 1.165) is 34.9 Å². The summed E-state index contributed by atoms with van der Waals surface area (Å²) in [6.45, 7) is 6.27. The Hall–Kier alpha value is -2.62. The van der Waals surface area contributed by atoms with E-state index >= 15 is 0 Å². The monoisotopic (exact) mass is 351 g/mol. The fourth-order valence-electron chi connectivity index (χ4n) is 3.37. The molecular formula is C22H22FNO2. The number of hydrogen-bond acceptors (Lipinski definition) is 2. The fraction of sp³-hybridized carbons (Fsp3) is 0.318. The second-order valence-corrected chi connectivity index (χ2v) is 7.24. The molecule has 0 aliphatic heterocycles. The van der Waals surface area contributed by atoms with Gasteiger partial charge in [-0.2, -0.15) is 0 Å². The molecule has 1 saturated carbocycles. The van der Waals surface area contributed by atoms with Gasteiger partial charge in [-0.05, 0) is 62.9 Å². The van der Waals surface area contributed by atoms with E-state index in [4.69, 9.17) is 4.42 Å². The molecule has 0 bridgehead atoms. The maximum absolute atomic E-state index is 14.1. The normalized spacial score (nSPS) is 14.0. The number of halogens is 1. The van der Waals surface area contributed by atoms with E-state index in [0.29, 0.717) is 11.3 Å². The summed E-state index contributed by atoms with van der Waals surface area (Å²) < 4.78 is 20.0. The molecule has 26 heavy (non-hydrogen) atoms. The smallest absolute Gasteiger partial charge is 0.290 e. The van der Waals surface area contributed by atoms with Crippen LogP contribution in [0.3, 0.4) is 0 Å². The molecule has 1 fully saturated rings. The molecule has 3 aromatic rings. The minimum absolute atomic E-state index is 0.153. The van der Waals surface area contributed by atoms with Crippen molar-refractivity contribution in [3.05, 3.63) is 70.2 Å². The minimum atomic E-state index is -0.279. The number of fused-ring (bicyclic) bond motifs is 1. The zero-order valence-electron chi connectivity index (χ0n) is 15.3. The second kappa shape index (κ2) is 6.27. The van der Waals surface area contributed by atoms with Crippen LogP contribution in [0.25, 0.3) is 11.0 Å². The third kappa shape index (κ3) is 2.90. The molecule has 3 nitrogen and oxygen atoms in total. The van der Waals surface area contributed by atoms with Crippen LogP contribution in [0.15, 0.2) is 40.8 Å². The van der Waals surface area contributed by atoms with Crippen LogP contribution in [0.4, 0.5) is 4.39 Å². The Kier molecular flexibility index (Phi) is 4.06. The maximum atomic E-state index is 14.1. The average molecular weight is 351 g/mol. The molecule has 1 amide bonds. The lowest BCUT2D eigenvalue weighted by Crippen LogP contribution is -2.33. The molecule has 4 heteroatoms. The number of aryl methyl sites for hydroxylation is 3. The zero-order valence-corrected chi connectivity index (χ0v) is 15.3. The molecule has 0 radical (unpaired) electrons. The molecule has 0 N–H and O–H groups in total. The number of nitrogens with zero attached hydrogens (tertiary/aromatic N) is 1. The van der Waals surface area contributed by atoms with Gasteiger partial charge in [0.1, 0.15) is 11.4 Å². The average Bonchev–Trinajstić information content (AvgIpc) is 3.41. The summed E-state index contributed by atoms with van der Waals surface area (Å²) in [7, 11) is 0. The van der Waals surface area contributed by atoms with Gasteiger partial charge in [0.2, 0.25) is 0 Å². The van der Waals surface area contributed by atoms with E-state index < -0.39 is 0 Å². The summed E-state index contributed by atoms with van der Waals surface area (Å²) >= 11 is 0. The number of carbonyl (C=O) groups is 1. The predicted molar refractivity (Wildman–Crippen MR) is 99.7 cm³/mol. The quantitative estimate of drug-likeness (QED) is 0.639. The number of benzene rings is 2. The molecule has 134 valence electrons. The van der Waals surface area contributed by atoms with E-state index in [1.54, 1.807) is 23.1 Å². The Morgan fingerprint density at radius 2 is 1.85 bits per heavy atom. The third-order valence-electron chi connectivity index (χ3n) is 5.29. The van der Waals surface area contributed by atoms with Gasteiger partial charge in [-0.1, -0.05) is 18.2 Å². The van der Waals surface area contributed by atoms with E-state index in [2.05, 4.69) is 13.0 Å². The highest BCUT2D eigenvalue weighted by Crippen LogP contribution is 2.34. The van der Waals surface area contributed by atoms with Gasteiger partial charge in [0.25, 0.3) is 5.91 Å². The van der Waals surface area contributed by atoms with Gasteiger partial charge in [-0.25, -0.2) is 4.39 Å². The van der Waals surface area contributed by atoms with Crippen LogP contribution in [-0.4, -0.2) is 16.8 Å².